The minimum atomic E-state index is -3.60. The van der Waals surface area contributed by atoms with Gasteiger partial charge in [-0.25, -0.2) is 21.9 Å². The summed E-state index contributed by atoms with van der Waals surface area (Å²) in [7, 11) is -0.615. The molecule has 2 saturated heterocycles. The Morgan fingerprint density at radius 3 is 2.34 bits per heavy atom. The van der Waals surface area contributed by atoms with Crippen molar-refractivity contribution in [3.8, 4) is 16.9 Å². The maximum atomic E-state index is 14.9. The van der Waals surface area contributed by atoms with Crippen LogP contribution in [0.2, 0.25) is 0 Å². The molecule has 3 aromatic rings. The molecule has 0 unspecified atom stereocenters. The second kappa shape index (κ2) is 12.9. The van der Waals surface area contributed by atoms with E-state index in [9.17, 15) is 17.6 Å². The Labute approximate surface area is 261 Å². The summed E-state index contributed by atoms with van der Waals surface area (Å²) in [6.45, 7) is 9.67. The lowest BCUT2D eigenvalue weighted by Crippen LogP contribution is -2.54. The summed E-state index contributed by atoms with van der Waals surface area (Å²) in [5.41, 5.74) is 2.62. The summed E-state index contributed by atoms with van der Waals surface area (Å²) < 4.78 is 47.3. The molecular weight excluding hydrogens is 579 g/mol. The molecule has 2 heterocycles. The zero-order chi connectivity index (χ0) is 31.6. The molecule has 44 heavy (non-hydrogen) atoms. The van der Waals surface area contributed by atoms with E-state index in [4.69, 9.17) is 4.74 Å². The number of benzene rings is 3. The van der Waals surface area contributed by atoms with Crippen molar-refractivity contribution < 1.29 is 22.3 Å². The molecular formula is C34H43FN4O4S. The van der Waals surface area contributed by atoms with E-state index in [-0.39, 0.29) is 17.0 Å². The number of hydrogen-bond donors (Lipinski definition) is 0. The summed E-state index contributed by atoms with van der Waals surface area (Å²) in [6.07, 6.45) is 2.43. The predicted octanol–water partition coefficient (Wildman–Crippen LogP) is 6.22. The van der Waals surface area contributed by atoms with Gasteiger partial charge >= 0.3 is 6.03 Å². The highest BCUT2D eigenvalue weighted by atomic mass is 32.2. The first-order chi connectivity index (χ1) is 20.9. The average molecular weight is 623 g/mol. The number of piperidine rings is 1. The number of anilines is 1. The summed E-state index contributed by atoms with van der Waals surface area (Å²) in [4.78, 5) is 20.3. The van der Waals surface area contributed by atoms with Crippen LogP contribution >= 0.6 is 0 Å². The van der Waals surface area contributed by atoms with Crippen LogP contribution in [0.3, 0.4) is 0 Å². The summed E-state index contributed by atoms with van der Waals surface area (Å²) >= 11 is 0. The lowest BCUT2D eigenvalue weighted by Gasteiger charge is -2.44. The number of sulfonamides is 1. The van der Waals surface area contributed by atoms with Crippen molar-refractivity contribution in [3.05, 3.63) is 78.1 Å². The summed E-state index contributed by atoms with van der Waals surface area (Å²) in [5, 5.41) is 0. The second-order valence-corrected chi connectivity index (χ2v) is 14.5. The molecule has 0 atom stereocenters. The highest BCUT2D eigenvalue weighted by molar-refractivity contribution is 7.89. The van der Waals surface area contributed by atoms with Crippen molar-refractivity contribution in [2.75, 3.05) is 45.2 Å². The van der Waals surface area contributed by atoms with Crippen molar-refractivity contribution in [2.24, 2.45) is 0 Å². The van der Waals surface area contributed by atoms with Crippen molar-refractivity contribution in [2.45, 2.75) is 63.1 Å². The van der Waals surface area contributed by atoms with Gasteiger partial charge in [0.2, 0.25) is 10.0 Å². The van der Waals surface area contributed by atoms with Gasteiger partial charge in [0.1, 0.15) is 11.6 Å². The second-order valence-electron chi connectivity index (χ2n) is 12.3. The zero-order valence-electron chi connectivity index (χ0n) is 26.3. The molecule has 1 spiro atoms. The number of hydrogen-bond acceptors (Lipinski definition) is 5. The number of rotatable bonds is 10. The third-order valence-corrected chi connectivity index (χ3v) is 10.4. The van der Waals surface area contributed by atoms with E-state index >= 15 is 0 Å². The topological polar surface area (TPSA) is 73.4 Å². The molecule has 0 saturated carbocycles. The highest BCUT2D eigenvalue weighted by Gasteiger charge is 2.52. The Bertz CT molecular complexity index is 1590. The highest BCUT2D eigenvalue weighted by Crippen LogP contribution is 2.44. The Balaban J connectivity index is 1.44. The van der Waals surface area contributed by atoms with Gasteiger partial charge in [-0.15, -0.1) is 0 Å². The molecule has 2 amide bonds. The first kappa shape index (κ1) is 31.9. The molecule has 10 heteroatoms. The number of amides is 2. The van der Waals surface area contributed by atoms with Crippen LogP contribution in [-0.2, 0) is 16.6 Å². The van der Waals surface area contributed by atoms with Gasteiger partial charge in [-0.05, 0) is 86.7 Å². The van der Waals surface area contributed by atoms with Crippen LogP contribution in [0.4, 0.5) is 14.9 Å². The van der Waals surface area contributed by atoms with Gasteiger partial charge < -0.3 is 9.64 Å². The average Bonchev–Trinajstić information content (AvgIpc) is 3.24. The zero-order valence-corrected chi connectivity index (χ0v) is 27.1. The van der Waals surface area contributed by atoms with E-state index in [0.29, 0.717) is 24.3 Å². The van der Waals surface area contributed by atoms with Crippen LogP contribution < -0.4 is 9.64 Å². The van der Waals surface area contributed by atoms with Crippen molar-refractivity contribution in [3.63, 3.8) is 0 Å². The Morgan fingerprint density at radius 1 is 1.00 bits per heavy atom. The number of carbonyl (C=O) groups is 1. The number of halogens is 1. The van der Waals surface area contributed by atoms with Gasteiger partial charge in [-0.1, -0.05) is 31.2 Å². The molecule has 5 rings (SSSR count). The molecule has 0 radical (unpaired) electrons. The smallest absolute Gasteiger partial charge is 0.325 e. The first-order valence-corrected chi connectivity index (χ1v) is 16.8. The van der Waals surface area contributed by atoms with E-state index < -0.39 is 21.4 Å². The van der Waals surface area contributed by atoms with Crippen LogP contribution in [0.15, 0.2) is 71.6 Å². The standard InChI is InChI=1S/C34H43FN4O4S/c1-6-18-38-24-34(16-19-37(20-17-34)23-26-8-7-9-29(21-26)43-25(2)3)39(33(38)40)32-22-28(35)12-15-31(32)27-10-13-30(14-11-27)44(41,42)36(4)5/h7-15,21-22,25H,6,16-20,23-24H2,1-5H3. The van der Waals surface area contributed by atoms with E-state index in [1.807, 2.05) is 35.8 Å². The Hall–Kier alpha value is -3.47. The van der Waals surface area contributed by atoms with Crippen molar-refractivity contribution in [1.82, 2.24) is 14.1 Å². The van der Waals surface area contributed by atoms with Crippen LogP contribution in [0.5, 0.6) is 5.75 Å². The molecule has 0 aromatic heterocycles. The first-order valence-electron chi connectivity index (χ1n) is 15.3. The number of likely N-dealkylation sites (tertiary alicyclic amines) is 1. The van der Waals surface area contributed by atoms with Gasteiger partial charge in [0.15, 0.2) is 0 Å². The molecule has 0 N–H and O–H groups in total. The van der Waals surface area contributed by atoms with Crippen molar-refractivity contribution in [1.29, 1.82) is 0 Å². The molecule has 8 nitrogen and oxygen atoms in total. The monoisotopic (exact) mass is 622 g/mol. The van der Waals surface area contributed by atoms with E-state index in [1.165, 1.54) is 36.1 Å². The number of carbonyl (C=O) groups excluding carboxylic acids is 1. The normalized spacial score (nSPS) is 17.3. The van der Waals surface area contributed by atoms with Gasteiger partial charge in [0.05, 0.1) is 22.2 Å². The fraction of sp³-hybridized carbons (Fsp3) is 0.441. The molecule has 2 aliphatic rings. The van der Waals surface area contributed by atoms with Gasteiger partial charge in [-0.2, -0.15) is 0 Å². The van der Waals surface area contributed by atoms with Crippen molar-refractivity contribution >= 4 is 21.7 Å². The quantitative estimate of drug-likeness (QED) is 0.269. The molecule has 2 aliphatic heterocycles. The third-order valence-electron chi connectivity index (χ3n) is 8.52. The Kier molecular flexibility index (Phi) is 9.34. The Morgan fingerprint density at radius 2 is 1.70 bits per heavy atom. The van der Waals surface area contributed by atoms with Crippen LogP contribution in [0.25, 0.3) is 11.1 Å². The fourth-order valence-electron chi connectivity index (χ4n) is 6.35. The molecule has 0 bridgehead atoms. The van der Waals surface area contributed by atoms with E-state index in [0.717, 1.165) is 50.2 Å². The molecule has 3 aromatic carbocycles. The minimum absolute atomic E-state index is 0.105. The maximum Gasteiger partial charge on any atom is 0.325 e. The summed E-state index contributed by atoms with van der Waals surface area (Å²) in [6, 6.07) is 19.2. The predicted molar refractivity (Wildman–Crippen MR) is 172 cm³/mol. The summed E-state index contributed by atoms with van der Waals surface area (Å²) in [5.74, 6) is 0.438. The van der Waals surface area contributed by atoms with Gasteiger partial charge in [0, 0.05) is 52.4 Å². The minimum Gasteiger partial charge on any atom is -0.491 e. The lowest BCUT2D eigenvalue weighted by molar-refractivity contribution is 0.153. The number of ether oxygens (including phenoxy) is 1. The van der Waals surface area contributed by atoms with E-state index in [1.54, 1.807) is 30.3 Å². The largest absolute Gasteiger partial charge is 0.491 e. The molecule has 236 valence electrons. The van der Waals surface area contributed by atoms with Crippen LogP contribution in [0, 0.1) is 5.82 Å². The van der Waals surface area contributed by atoms with Gasteiger partial charge in [0.25, 0.3) is 0 Å². The van der Waals surface area contributed by atoms with E-state index in [2.05, 4.69) is 24.0 Å². The number of urea groups is 1. The van der Waals surface area contributed by atoms with Crippen LogP contribution in [-0.4, -0.2) is 80.5 Å². The maximum absolute atomic E-state index is 14.9. The van der Waals surface area contributed by atoms with Crippen LogP contribution in [0.1, 0.15) is 45.6 Å². The molecule has 2 fully saturated rings. The third kappa shape index (κ3) is 6.48. The molecule has 0 aliphatic carbocycles. The SMILES string of the molecule is CCCN1CC2(CCN(Cc3cccc(OC(C)C)c3)CC2)N(c2cc(F)ccc2-c2ccc(S(=O)(=O)N(C)C)cc2)C1=O. The number of nitrogens with zero attached hydrogens (tertiary/aromatic N) is 4. The fourth-order valence-corrected chi connectivity index (χ4v) is 7.25. The lowest BCUT2D eigenvalue weighted by atomic mass is 9.85. The van der Waals surface area contributed by atoms with Gasteiger partial charge in [-0.3, -0.25) is 9.80 Å².